The highest BCUT2D eigenvalue weighted by molar-refractivity contribution is 5.81. The summed E-state index contributed by atoms with van der Waals surface area (Å²) in [6, 6.07) is 0. The fraction of sp³-hybridized carbons (Fsp3) is 0.900. The van der Waals surface area contributed by atoms with Gasteiger partial charge in [0, 0.05) is 6.42 Å². The Balaban J connectivity index is 5.81. The highest BCUT2D eigenvalue weighted by Gasteiger charge is 2.49. The topological polar surface area (TPSA) is 83.6 Å². The van der Waals surface area contributed by atoms with Crippen molar-refractivity contribution < 1.29 is 14.7 Å². The number of nitrogens with zero attached hydrogens (tertiary/aromatic N) is 1. The molecule has 0 rings (SSSR count). The largest absolute Gasteiger partial charge is 0.480 e. The molecule has 0 saturated heterocycles. The van der Waals surface area contributed by atoms with Crippen LogP contribution in [0.3, 0.4) is 0 Å². The zero-order valence-corrected chi connectivity index (χ0v) is 16.9. The zero-order chi connectivity index (χ0) is 19.3. The van der Waals surface area contributed by atoms with Crippen LogP contribution in [0.4, 0.5) is 0 Å². The van der Waals surface area contributed by atoms with Crippen LogP contribution >= 0.6 is 0 Å². The summed E-state index contributed by atoms with van der Waals surface area (Å²) in [5.41, 5.74) is 4.52. The van der Waals surface area contributed by atoms with Gasteiger partial charge in [0.1, 0.15) is 5.54 Å². The predicted molar refractivity (Wildman–Crippen MR) is 103 cm³/mol. The third-order valence-corrected chi connectivity index (χ3v) is 5.29. The number of carboxylic acids is 1. The highest BCUT2D eigenvalue weighted by Crippen LogP contribution is 2.37. The molecule has 0 aliphatic heterocycles. The van der Waals surface area contributed by atoms with Crippen LogP contribution in [0, 0.1) is 5.92 Å². The Labute approximate surface area is 154 Å². The Morgan fingerprint density at radius 1 is 1.00 bits per heavy atom. The van der Waals surface area contributed by atoms with Crippen molar-refractivity contribution >= 4 is 11.9 Å². The summed E-state index contributed by atoms with van der Waals surface area (Å²) in [7, 11) is 0. The summed E-state index contributed by atoms with van der Waals surface area (Å²) in [5, 5.41) is 10.3. The molecule has 0 saturated carbocycles. The van der Waals surface area contributed by atoms with Gasteiger partial charge in [-0.1, -0.05) is 66.2 Å². The number of aliphatic carboxylic acids is 1. The molecule has 0 bridgehead atoms. The molecule has 0 radical (unpaired) electrons. The summed E-state index contributed by atoms with van der Waals surface area (Å²) in [5.74, 6) is -1.41. The van der Waals surface area contributed by atoms with Crippen LogP contribution in [0.25, 0.3) is 0 Å². The predicted octanol–water partition coefficient (Wildman–Crippen LogP) is 4.19. The van der Waals surface area contributed by atoms with Crippen molar-refractivity contribution in [3.05, 3.63) is 0 Å². The number of unbranched alkanes of at least 4 members (excludes halogenated alkanes) is 4. The minimum Gasteiger partial charge on any atom is -0.480 e. The first-order valence-electron chi connectivity index (χ1n) is 10.2. The number of amides is 1. The second-order valence-electron chi connectivity index (χ2n) is 7.13. The molecule has 3 N–H and O–H groups in total. The second kappa shape index (κ2) is 13.2. The monoisotopic (exact) mass is 356 g/mol. The maximum Gasteiger partial charge on any atom is 0.324 e. The van der Waals surface area contributed by atoms with Crippen molar-refractivity contribution in [1.82, 2.24) is 4.90 Å². The SMILES string of the molecule is CCCCCN(CC)[C@](CCCC)(C(=O)O)C(CCCC)CC(N)=O. The lowest BCUT2D eigenvalue weighted by Gasteiger charge is -2.46. The first-order chi connectivity index (χ1) is 11.9. The summed E-state index contributed by atoms with van der Waals surface area (Å²) in [6.45, 7) is 9.79. The van der Waals surface area contributed by atoms with E-state index in [2.05, 4.69) is 25.7 Å². The van der Waals surface area contributed by atoms with E-state index in [-0.39, 0.29) is 12.3 Å². The Bertz CT molecular complexity index is 387. The molecule has 0 fully saturated rings. The fourth-order valence-corrected chi connectivity index (χ4v) is 3.88. The average molecular weight is 357 g/mol. The van der Waals surface area contributed by atoms with E-state index in [0.29, 0.717) is 13.0 Å². The smallest absolute Gasteiger partial charge is 0.324 e. The number of carbonyl (C=O) groups excluding carboxylic acids is 1. The van der Waals surface area contributed by atoms with Crippen LogP contribution in [0.1, 0.15) is 91.9 Å². The molecule has 25 heavy (non-hydrogen) atoms. The normalized spacial score (nSPS) is 15.1. The Kier molecular flexibility index (Phi) is 12.6. The van der Waals surface area contributed by atoms with Crippen LogP contribution in [-0.4, -0.2) is 40.5 Å². The third kappa shape index (κ3) is 7.35. The molecular weight excluding hydrogens is 316 g/mol. The van der Waals surface area contributed by atoms with Crippen molar-refractivity contribution in [3.8, 4) is 0 Å². The van der Waals surface area contributed by atoms with Gasteiger partial charge >= 0.3 is 5.97 Å². The Morgan fingerprint density at radius 3 is 2.04 bits per heavy atom. The molecule has 0 heterocycles. The van der Waals surface area contributed by atoms with Crippen LogP contribution in [0.2, 0.25) is 0 Å². The summed E-state index contributed by atoms with van der Waals surface area (Å²) < 4.78 is 0. The number of carbonyl (C=O) groups is 2. The van der Waals surface area contributed by atoms with E-state index in [9.17, 15) is 14.7 Å². The molecule has 0 aliphatic carbocycles. The van der Waals surface area contributed by atoms with Gasteiger partial charge in [-0.05, 0) is 38.3 Å². The van der Waals surface area contributed by atoms with E-state index < -0.39 is 17.4 Å². The number of nitrogens with two attached hydrogens (primary N) is 1. The minimum absolute atomic E-state index is 0.153. The number of rotatable bonds is 16. The highest BCUT2D eigenvalue weighted by atomic mass is 16.4. The zero-order valence-electron chi connectivity index (χ0n) is 16.9. The first-order valence-corrected chi connectivity index (χ1v) is 10.2. The maximum atomic E-state index is 12.6. The van der Waals surface area contributed by atoms with Crippen LogP contribution in [-0.2, 0) is 9.59 Å². The van der Waals surface area contributed by atoms with Gasteiger partial charge in [-0.25, -0.2) is 0 Å². The van der Waals surface area contributed by atoms with E-state index in [1.807, 2.05) is 6.92 Å². The van der Waals surface area contributed by atoms with Gasteiger partial charge in [0.15, 0.2) is 0 Å². The molecule has 0 spiro atoms. The van der Waals surface area contributed by atoms with E-state index in [4.69, 9.17) is 5.73 Å². The van der Waals surface area contributed by atoms with Gasteiger partial charge in [-0.3, -0.25) is 14.5 Å². The molecule has 5 heteroatoms. The minimum atomic E-state index is -0.983. The van der Waals surface area contributed by atoms with E-state index in [0.717, 1.165) is 57.9 Å². The van der Waals surface area contributed by atoms with Crippen molar-refractivity contribution in [3.63, 3.8) is 0 Å². The molecule has 0 aromatic rings. The van der Waals surface area contributed by atoms with Crippen LogP contribution < -0.4 is 5.73 Å². The van der Waals surface area contributed by atoms with E-state index in [1.54, 1.807) is 0 Å². The summed E-state index contributed by atoms with van der Waals surface area (Å²) in [6.07, 6.45) is 8.36. The average Bonchev–Trinajstić information content (AvgIpc) is 2.57. The Morgan fingerprint density at radius 2 is 1.60 bits per heavy atom. The standard InChI is InChI=1S/C20H40N2O3/c1-5-9-12-15-22(8-4)20(19(24)25,14-11-7-3)17(13-10-6-2)16-18(21)23/h17H,5-16H2,1-4H3,(H2,21,23)(H,24,25)/t17?,20-/m0/s1. The number of primary amides is 1. The Hall–Kier alpha value is -1.10. The van der Waals surface area contributed by atoms with E-state index in [1.165, 1.54) is 0 Å². The quantitative estimate of drug-likeness (QED) is 0.406. The lowest BCUT2D eigenvalue weighted by Crippen LogP contribution is -2.60. The van der Waals surface area contributed by atoms with Crippen molar-refractivity contribution in [2.24, 2.45) is 11.7 Å². The van der Waals surface area contributed by atoms with Crippen molar-refractivity contribution in [2.75, 3.05) is 13.1 Å². The summed E-state index contributed by atoms with van der Waals surface area (Å²) in [4.78, 5) is 26.4. The van der Waals surface area contributed by atoms with Gasteiger partial charge < -0.3 is 10.8 Å². The van der Waals surface area contributed by atoms with Crippen molar-refractivity contribution in [2.45, 2.75) is 97.4 Å². The van der Waals surface area contributed by atoms with Gasteiger partial charge in [0.05, 0.1) is 0 Å². The third-order valence-electron chi connectivity index (χ3n) is 5.29. The van der Waals surface area contributed by atoms with Crippen LogP contribution in [0.5, 0.6) is 0 Å². The lowest BCUT2D eigenvalue weighted by molar-refractivity contribution is -0.158. The first kappa shape index (κ1) is 23.9. The van der Waals surface area contributed by atoms with Gasteiger partial charge in [-0.2, -0.15) is 0 Å². The maximum absolute atomic E-state index is 12.6. The molecule has 5 nitrogen and oxygen atoms in total. The molecule has 148 valence electrons. The molecule has 1 amide bonds. The second-order valence-corrected chi connectivity index (χ2v) is 7.13. The molecule has 1 unspecified atom stereocenters. The molecule has 2 atom stereocenters. The van der Waals surface area contributed by atoms with Gasteiger partial charge in [0.2, 0.25) is 5.91 Å². The molecule has 0 aliphatic rings. The van der Waals surface area contributed by atoms with Crippen molar-refractivity contribution in [1.29, 1.82) is 0 Å². The lowest BCUT2D eigenvalue weighted by atomic mass is 9.73. The molecule has 0 aromatic carbocycles. The van der Waals surface area contributed by atoms with Gasteiger partial charge in [0.25, 0.3) is 0 Å². The van der Waals surface area contributed by atoms with Gasteiger partial charge in [-0.15, -0.1) is 0 Å². The number of carboxylic acid groups (broad SMARTS) is 1. The number of likely N-dealkylation sites (N-methyl/N-ethyl adjacent to an activating group) is 1. The fourth-order valence-electron chi connectivity index (χ4n) is 3.88. The molecule has 0 aromatic heterocycles. The number of hydrogen-bond donors (Lipinski definition) is 2. The summed E-state index contributed by atoms with van der Waals surface area (Å²) >= 11 is 0. The van der Waals surface area contributed by atoms with E-state index >= 15 is 0 Å². The number of hydrogen-bond acceptors (Lipinski definition) is 3. The molecular formula is C20H40N2O3. The van der Waals surface area contributed by atoms with Crippen LogP contribution in [0.15, 0.2) is 0 Å².